The minimum absolute atomic E-state index is 0.189. The zero-order chi connectivity index (χ0) is 13.2. The number of rotatable bonds is 4. The molecule has 3 N–H and O–H groups in total. The molecule has 0 unspecified atom stereocenters. The summed E-state index contributed by atoms with van der Waals surface area (Å²) in [6.45, 7) is 0. The van der Waals surface area contributed by atoms with Gasteiger partial charge in [-0.3, -0.25) is 9.52 Å². The van der Waals surface area contributed by atoms with Gasteiger partial charge in [-0.25, -0.2) is 4.39 Å². The number of hydrogen-bond donors (Lipinski definition) is 2. The lowest BCUT2D eigenvalue weighted by molar-refractivity contribution is 0.0997. The molecule has 0 bridgehead atoms. The molecule has 0 aromatic heterocycles. The van der Waals surface area contributed by atoms with Gasteiger partial charge in [0, 0.05) is 14.1 Å². The topological polar surface area (TPSA) is 92.5 Å². The van der Waals surface area contributed by atoms with Crippen molar-refractivity contribution in [2.24, 2.45) is 5.73 Å². The lowest BCUT2D eigenvalue weighted by atomic mass is 10.1. The number of nitrogens with zero attached hydrogens (tertiary/aromatic N) is 1. The zero-order valence-electron chi connectivity index (χ0n) is 9.27. The van der Waals surface area contributed by atoms with Gasteiger partial charge in [-0.1, -0.05) is 6.07 Å². The van der Waals surface area contributed by atoms with E-state index in [9.17, 15) is 17.6 Å². The molecule has 0 aliphatic rings. The van der Waals surface area contributed by atoms with Crippen molar-refractivity contribution < 1.29 is 17.6 Å². The van der Waals surface area contributed by atoms with Crippen LogP contribution >= 0.6 is 0 Å². The quantitative estimate of drug-likeness (QED) is 0.807. The van der Waals surface area contributed by atoms with Gasteiger partial charge in [0.2, 0.25) is 0 Å². The fraction of sp³-hybridized carbons (Fsp3) is 0.222. The van der Waals surface area contributed by atoms with Gasteiger partial charge >= 0.3 is 10.2 Å². The van der Waals surface area contributed by atoms with E-state index in [1.807, 2.05) is 0 Å². The van der Waals surface area contributed by atoms with E-state index in [-0.39, 0.29) is 5.69 Å². The number of nitrogens with one attached hydrogen (secondary N) is 1. The third-order valence-electron chi connectivity index (χ3n) is 1.98. The molecule has 6 nitrogen and oxygen atoms in total. The standard InChI is InChI=1S/C9H12FN3O3S/c1-13(2)17(15,16)12-7-5-3-4-6(10)8(7)9(11)14/h3-5,12H,1-2H3,(H2,11,14). The fourth-order valence-electron chi connectivity index (χ4n) is 1.09. The highest BCUT2D eigenvalue weighted by atomic mass is 32.2. The van der Waals surface area contributed by atoms with Crippen molar-refractivity contribution in [3.63, 3.8) is 0 Å². The van der Waals surface area contributed by atoms with E-state index in [0.29, 0.717) is 0 Å². The Morgan fingerprint density at radius 3 is 2.47 bits per heavy atom. The average molecular weight is 261 g/mol. The predicted octanol–water partition coefficient (Wildman–Crippen LogP) is 0.143. The van der Waals surface area contributed by atoms with Crippen LogP contribution in [0, 0.1) is 5.82 Å². The third kappa shape index (κ3) is 2.92. The summed E-state index contributed by atoms with van der Waals surface area (Å²) in [5.74, 6) is -1.92. The van der Waals surface area contributed by atoms with Crippen molar-refractivity contribution in [2.45, 2.75) is 0 Å². The number of carbonyl (C=O) groups is 1. The van der Waals surface area contributed by atoms with Crippen LogP contribution in [0.15, 0.2) is 18.2 Å². The summed E-state index contributed by atoms with van der Waals surface area (Å²) in [5.41, 5.74) is 4.31. The number of nitrogens with two attached hydrogens (primary N) is 1. The van der Waals surface area contributed by atoms with Crippen LogP contribution in [0.1, 0.15) is 10.4 Å². The van der Waals surface area contributed by atoms with Crippen LogP contribution in [-0.4, -0.2) is 32.7 Å². The molecule has 94 valence electrons. The van der Waals surface area contributed by atoms with Crippen molar-refractivity contribution in [1.29, 1.82) is 0 Å². The van der Waals surface area contributed by atoms with Crippen molar-refractivity contribution in [3.8, 4) is 0 Å². The van der Waals surface area contributed by atoms with Gasteiger partial charge in [-0.05, 0) is 12.1 Å². The van der Waals surface area contributed by atoms with Crippen molar-refractivity contribution in [3.05, 3.63) is 29.6 Å². The number of halogens is 1. The van der Waals surface area contributed by atoms with E-state index in [1.165, 1.54) is 26.2 Å². The maximum atomic E-state index is 13.3. The Morgan fingerprint density at radius 1 is 1.41 bits per heavy atom. The van der Waals surface area contributed by atoms with Crippen LogP contribution in [0.3, 0.4) is 0 Å². The molecular formula is C9H12FN3O3S. The molecule has 0 radical (unpaired) electrons. The Labute approximate surface area is 98.4 Å². The van der Waals surface area contributed by atoms with Crippen LogP contribution in [0.5, 0.6) is 0 Å². The van der Waals surface area contributed by atoms with Gasteiger partial charge in [-0.2, -0.15) is 12.7 Å². The van der Waals surface area contributed by atoms with Gasteiger partial charge in [0.1, 0.15) is 5.82 Å². The van der Waals surface area contributed by atoms with Gasteiger partial charge in [0.15, 0.2) is 0 Å². The summed E-state index contributed by atoms with van der Waals surface area (Å²) < 4.78 is 39.3. The molecule has 0 fully saturated rings. The van der Waals surface area contributed by atoms with Crippen LogP contribution in [0.4, 0.5) is 10.1 Å². The second-order valence-electron chi connectivity index (χ2n) is 3.42. The molecular weight excluding hydrogens is 249 g/mol. The van der Waals surface area contributed by atoms with Crippen molar-refractivity contribution >= 4 is 21.8 Å². The molecule has 0 spiro atoms. The molecule has 0 aliphatic heterocycles. The summed E-state index contributed by atoms with van der Waals surface area (Å²) in [6, 6.07) is 3.55. The lowest BCUT2D eigenvalue weighted by Gasteiger charge is -2.15. The highest BCUT2D eigenvalue weighted by Gasteiger charge is 2.19. The van der Waals surface area contributed by atoms with Crippen molar-refractivity contribution in [1.82, 2.24) is 4.31 Å². The summed E-state index contributed by atoms with van der Waals surface area (Å²) >= 11 is 0. The molecule has 1 aromatic rings. The smallest absolute Gasteiger partial charge is 0.301 e. The highest BCUT2D eigenvalue weighted by Crippen LogP contribution is 2.19. The minimum atomic E-state index is -3.82. The Kier molecular flexibility index (Phi) is 3.69. The molecule has 1 rings (SSSR count). The van der Waals surface area contributed by atoms with E-state index in [1.54, 1.807) is 0 Å². The number of primary amides is 1. The van der Waals surface area contributed by atoms with Gasteiger partial charge in [0.05, 0.1) is 11.3 Å². The number of carbonyl (C=O) groups excluding carboxylic acids is 1. The van der Waals surface area contributed by atoms with E-state index in [2.05, 4.69) is 4.72 Å². The second kappa shape index (κ2) is 4.68. The largest absolute Gasteiger partial charge is 0.365 e. The number of anilines is 1. The minimum Gasteiger partial charge on any atom is -0.365 e. The molecule has 8 heteroatoms. The Morgan fingerprint density at radius 2 is 2.00 bits per heavy atom. The van der Waals surface area contributed by atoms with Gasteiger partial charge < -0.3 is 5.73 Å². The maximum absolute atomic E-state index is 13.3. The summed E-state index contributed by atoms with van der Waals surface area (Å²) in [5, 5.41) is 0. The normalized spacial score (nSPS) is 11.5. The molecule has 0 saturated heterocycles. The Bertz CT molecular complexity index is 542. The number of benzene rings is 1. The molecule has 17 heavy (non-hydrogen) atoms. The zero-order valence-corrected chi connectivity index (χ0v) is 10.1. The predicted molar refractivity (Wildman–Crippen MR) is 61.1 cm³/mol. The monoisotopic (exact) mass is 261 g/mol. The molecule has 1 aromatic carbocycles. The summed E-state index contributed by atoms with van der Waals surface area (Å²) in [6.07, 6.45) is 0. The summed E-state index contributed by atoms with van der Waals surface area (Å²) in [7, 11) is -1.22. The number of amides is 1. The first-order valence-electron chi connectivity index (χ1n) is 4.54. The summed E-state index contributed by atoms with van der Waals surface area (Å²) in [4.78, 5) is 11.0. The SMILES string of the molecule is CN(C)S(=O)(=O)Nc1cccc(F)c1C(N)=O. The maximum Gasteiger partial charge on any atom is 0.301 e. The van der Waals surface area contributed by atoms with Crippen LogP contribution in [0.2, 0.25) is 0 Å². The lowest BCUT2D eigenvalue weighted by Crippen LogP contribution is -2.30. The van der Waals surface area contributed by atoms with Crippen LogP contribution in [-0.2, 0) is 10.2 Å². The molecule has 0 atom stereocenters. The average Bonchev–Trinajstić information content (AvgIpc) is 2.15. The first-order valence-corrected chi connectivity index (χ1v) is 5.98. The van der Waals surface area contributed by atoms with Gasteiger partial charge in [-0.15, -0.1) is 0 Å². The fourth-order valence-corrected chi connectivity index (χ4v) is 1.72. The van der Waals surface area contributed by atoms with E-state index in [0.717, 1.165) is 10.4 Å². The molecule has 0 aliphatic carbocycles. The molecule has 1 amide bonds. The third-order valence-corrected chi connectivity index (χ3v) is 3.42. The van der Waals surface area contributed by atoms with E-state index >= 15 is 0 Å². The van der Waals surface area contributed by atoms with Crippen LogP contribution < -0.4 is 10.5 Å². The molecule has 0 saturated carbocycles. The number of hydrogen-bond acceptors (Lipinski definition) is 3. The Balaban J connectivity index is 3.25. The van der Waals surface area contributed by atoms with Gasteiger partial charge in [0.25, 0.3) is 5.91 Å². The van der Waals surface area contributed by atoms with Crippen LogP contribution in [0.25, 0.3) is 0 Å². The second-order valence-corrected chi connectivity index (χ2v) is 5.30. The van der Waals surface area contributed by atoms with E-state index in [4.69, 9.17) is 5.73 Å². The Hall–Kier alpha value is -1.67. The highest BCUT2D eigenvalue weighted by molar-refractivity contribution is 7.90. The first kappa shape index (κ1) is 13.4. The molecule has 0 heterocycles. The van der Waals surface area contributed by atoms with Crippen molar-refractivity contribution in [2.75, 3.05) is 18.8 Å². The first-order chi connectivity index (χ1) is 7.75. The van der Waals surface area contributed by atoms with E-state index < -0.39 is 27.5 Å².